The monoisotopic (exact) mass is 304 g/mol. The Morgan fingerprint density at radius 3 is 2.67 bits per heavy atom. The molecule has 0 bridgehead atoms. The number of carbonyl (C=O) groups excluding carboxylic acids is 1. The Hall–Kier alpha value is -1.61. The zero-order valence-electron chi connectivity index (χ0n) is 10.0. The lowest BCUT2D eigenvalue weighted by molar-refractivity contribution is 0.101. The number of carbonyl (C=O) groups is 1. The zero-order chi connectivity index (χ0) is 13.0. The first kappa shape index (κ1) is 12.8. The van der Waals surface area contributed by atoms with Crippen LogP contribution in [0.4, 0.5) is 0 Å². The molecule has 2 aromatic carbocycles. The minimum Gasteiger partial charge on any atom is -0.489 e. The summed E-state index contributed by atoms with van der Waals surface area (Å²) >= 11 is 3.47. The quantitative estimate of drug-likeness (QED) is 0.790. The highest BCUT2D eigenvalue weighted by atomic mass is 79.9. The maximum atomic E-state index is 11.3. The van der Waals surface area contributed by atoms with Crippen LogP contribution in [0.5, 0.6) is 5.75 Å². The fourth-order valence-corrected chi connectivity index (χ4v) is 1.98. The molecule has 2 rings (SSSR count). The van der Waals surface area contributed by atoms with E-state index < -0.39 is 0 Å². The van der Waals surface area contributed by atoms with Crippen molar-refractivity contribution in [2.24, 2.45) is 0 Å². The maximum Gasteiger partial charge on any atom is 0.159 e. The molecule has 0 radical (unpaired) electrons. The van der Waals surface area contributed by atoms with Crippen LogP contribution in [0.1, 0.15) is 22.8 Å². The minimum absolute atomic E-state index is 0.0429. The SMILES string of the molecule is CC(=O)c1cccc(OCc2ccccc2Br)c1. The average Bonchev–Trinajstić information content (AvgIpc) is 2.38. The third-order valence-electron chi connectivity index (χ3n) is 2.59. The van der Waals surface area contributed by atoms with Crippen LogP contribution in [-0.4, -0.2) is 5.78 Å². The van der Waals surface area contributed by atoms with Crippen LogP contribution in [-0.2, 0) is 6.61 Å². The molecule has 3 heteroatoms. The first-order valence-corrected chi connectivity index (χ1v) is 6.43. The lowest BCUT2D eigenvalue weighted by Gasteiger charge is -2.08. The van der Waals surface area contributed by atoms with E-state index in [-0.39, 0.29) is 5.78 Å². The van der Waals surface area contributed by atoms with Gasteiger partial charge >= 0.3 is 0 Å². The van der Waals surface area contributed by atoms with Crippen LogP contribution in [0.3, 0.4) is 0 Å². The summed E-state index contributed by atoms with van der Waals surface area (Å²) in [5, 5.41) is 0. The van der Waals surface area contributed by atoms with Crippen LogP contribution in [0.2, 0.25) is 0 Å². The van der Waals surface area contributed by atoms with Crippen molar-refractivity contribution in [1.29, 1.82) is 0 Å². The lowest BCUT2D eigenvalue weighted by Crippen LogP contribution is -1.98. The highest BCUT2D eigenvalue weighted by Crippen LogP contribution is 2.19. The van der Waals surface area contributed by atoms with Crippen LogP contribution < -0.4 is 4.74 Å². The fraction of sp³-hybridized carbons (Fsp3) is 0.133. The van der Waals surface area contributed by atoms with E-state index in [0.29, 0.717) is 17.9 Å². The number of hydrogen-bond acceptors (Lipinski definition) is 2. The molecule has 0 aliphatic rings. The smallest absolute Gasteiger partial charge is 0.159 e. The van der Waals surface area contributed by atoms with Crippen LogP contribution in [0.25, 0.3) is 0 Å². The van der Waals surface area contributed by atoms with Gasteiger partial charge in [0.15, 0.2) is 5.78 Å². The summed E-state index contributed by atoms with van der Waals surface area (Å²) in [5.74, 6) is 0.750. The number of ether oxygens (including phenoxy) is 1. The van der Waals surface area contributed by atoms with Crippen molar-refractivity contribution in [2.45, 2.75) is 13.5 Å². The third kappa shape index (κ3) is 3.20. The number of halogens is 1. The molecule has 0 saturated carbocycles. The van der Waals surface area contributed by atoms with Gasteiger partial charge in [-0.3, -0.25) is 4.79 Å². The van der Waals surface area contributed by atoms with Gasteiger partial charge in [-0.25, -0.2) is 0 Å². The molecule has 18 heavy (non-hydrogen) atoms. The summed E-state index contributed by atoms with van der Waals surface area (Å²) in [6.07, 6.45) is 0. The van der Waals surface area contributed by atoms with Gasteiger partial charge < -0.3 is 4.74 Å². The molecule has 92 valence electrons. The van der Waals surface area contributed by atoms with Crippen LogP contribution in [0.15, 0.2) is 53.0 Å². The first-order chi connectivity index (χ1) is 8.66. The van der Waals surface area contributed by atoms with Crippen LogP contribution >= 0.6 is 15.9 Å². The highest BCUT2D eigenvalue weighted by molar-refractivity contribution is 9.10. The molecular weight excluding hydrogens is 292 g/mol. The summed E-state index contributed by atoms with van der Waals surface area (Å²) in [4.78, 5) is 11.3. The van der Waals surface area contributed by atoms with E-state index in [1.807, 2.05) is 36.4 Å². The number of hydrogen-bond donors (Lipinski definition) is 0. The Kier molecular flexibility index (Phi) is 4.15. The molecule has 0 fully saturated rings. The Morgan fingerprint density at radius 2 is 1.94 bits per heavy atom. The van der Waals surface area contributed by atoms with Crippen molar-refractivity contribution in [3.05, 3.63) is 64.1 Å². The second kappa shape index (κ2) is 5.83. The Morgan fingerprint density at radius 1 is 1.17 bits per heavy atom. The van der Waals surface area contributed by atoms with Crippen molar-refractivity contribution >= 4 is 21.7 Å². The molecule has 0 saturated heterocycles. The van der Waals surface area contributed by atoms with Crippen molar-refractivity contribution in [3.8, 4) is 5.75 Å². The largest absolute Gasteiger partial charge is 0.489 e. The summed E-state index contributed by atoms with van der Waals surface area (Å²) in [7, 11) is 0. The maximum absolute atomic E-state index is 11.3. The Balaban J connectivity index is 2.09. The van der Waals surface area contributed by atoms with Gasteiger partial charge in [0.2, 0.25) is 0 Å². The molecular formula is C15H13BrO2. The predicted molar refractivity (Wildman–Crippen MR) is 74.9 cm³/mol. The van der Waals surface area contributed by atoms with E-state index in [0.717, 1.165) is 10.0 Å². The van der Waals surface area contributed by atoms with Gasteiger partial charge in [0, 0.05) is 15.6 Å². The normalized spacial score (nSPS) is 10.1. The van der Waals surface area contributed by atoms with E-state index in [4.69, 9.17) is 4.74 Å². The molecule has 2 nitrogen and oxygen atoms in total. The minimum atomic E-state index is 0.0429. The van der Waals surface area contributed by atoms with Gasteiger partial charge in [-0.05, 0) is 25.1 Å². The Labute approximate surface area is 115 Å². The van der Waals surface area contributed by atoms with E-state index in [1.54, 1.807) is 19.1 Å². The van der Waals surface area contributed by atoms with Crippen LogP contribution in [0, 0.1) is 0 Å². The number of benzene rings is 2. The van der Waals surface area contributed by atoms with E-state index >= 15 is 0 Å². The van der Waals surface area contributed by atoms with Crippen molar-refractivity contribution in [2.75, 3.05) is 0 Å². The standard InChI is InChI=1S/C15H13BrO2/c1-11(17)12-6-4-7-14(9-12)18-10-13-5-2-3-8-15(13)16/h2-9H,10H2,1H3. The molecule has 0 unspecified atom stereocenters. The second-order valence-corrected chi connectivity index (χ2v) is 4.82. The Bertz CT molecular complexity index is 564. The number of rotatable bonds is 4. The summed E-state index contributed by atoms with van der Waals surface area (Å²) in [6.45, 7) is 2.02. The van der Waals surface area contributed by atoms with E-state index in [1.165, 1.54) is 0 Å². The molecule has 0 aromatic heterocycles. The molecule has 0 N–H and O–H groups in total. The zero-order valence-corrected chi connectivity index (χ0v) is 11.6. The molecule has 0 aliphatic heterocycles. The van der Waals surface area contributed by atoms with Gasteiger partial charge in [-0.15, -0.1) is 0 Å². The van der Waals surface area contributed by atoms with Crippen molar-refractivity contribution in [3.63, 3.8) is 0 Å². The van der Waals surface area contributed by atoms with Gasteiger partial charge in [0.1, 0.15) is 12.4 Å². The summed E-state index contributed by atoms with van der Waals surface area (Å²) < 4.78 is 6.70. The average molecular weight is 305 g/mol. The third-order valence-corrected chi connectivity index (χ3v) is 3.37. The van der Waals surface area contributed by atoms with E-state index in [9.17, 15) is 4.79 Å². The van der Waals surface area contributed by atoms with Gasteiger partial charge in [0.05, 0.1) is 0 Å². The molecule has 0 atom stereocenters. The van der Waals surface area contributed by atoms with Crippen molar-refractivity contribution in [1.82, 2.24) is 0 Å². The van der Waals surface area contributed by atoms with Gasteiger partial charge in [-0.2, -0.15) is 0 Å². The van der Waals surface area contributed by atoms with Gasteiger partial charge in [-0.1, -0.05) is 46.3 Å². The van der Waals surface area contributed by atoms with Crippen molar-refractivity contribution < 1.29 is 9.53 Å². The topological polar surface area (TPSA) is 26.3 Å². The summed E-state index contributed by atoms with van der Waals surface area (Å²) in [5.41, 5.74) is 1.74. The first-order valence-electron chi connectivity index (χ1n) is 5.64. The molecule has 0 spiro atoms. The van der Waals surface area contributed by atoms with E-state index in [2.05, 4.69) is 15.9 Å². The summed E-state index contributed by atoms with van der Waals surface area (Å²) in [6, 6.07) is 15.1. The van der Waals surface area contributed by atoms with Gasteiger partial charge in [0.25, 0.3) is 0 Å². The highest BCUT2D eigenvalue weighted by Gasteiger charge is 2.03. The molecule has 0 amide bonds. The number of ketones is 1. The molecule has 0 heterocycles. The molecule has 0 aliphatic carbocycles. The predicted octanol–water partition coefficient (Wildman–Crippen LogP) is 4.23. The fourth-order valence-electron chi connectivity index (χ4n) is 1.58. The lowest BCUT2D eigenvalue weighted by atomic mass is 10.1. The second-order valence-electron chi connectivity index (χ2n) is 3.96. The number of Topliss-reactive ketones (excluding diaryl/α,β-unsaturated/α-hetero) is 1. The molecule has 2 aromatic rings.